The highest BCUT2D eigenvalue weighted by Crippen LogP contribution is 2.38. The van der Waals surface area contributed by atoms with Gasteiger partial charge in [-0.05, 0) is 37.5 Å². The second-order valence-electron chi connectivity index (χ2n) is 5.01. The summed E-state index contributed by atoms with van der Waals surface area (Å²) >= 11 is 0. The van der Waals surface area contributed by atoms with Crippen molar-refractivity contribution in [2.24, 2.45) is 0 Å². The van der Waals surface area contributed by atoms with Gasteiger partial charge in [-0.1, -0.05) is 32.4 Å². The number of hydrogen-bond donors (Lipinski definition) is 1. The zero-order valence-corrected chi connectivity index (χ0v) is 11.6. The maximum atomic E-state index is 12.6. The second kappa shape index (κ2) is 5.95. The Hall–Kier alpha value is -1.03. The van der Waals surface area contributed by atoms with E-state index in [0.29, 0.717) is 6.42 Å². The fraction of sp³-hybridized carbons (Fsp3) is 0.600. The molecule has 19 heavy (non-hydrogen) atoms. The number of benzene rings is 1. The lowest BCUT2D eigenvalue weighted by molar-refractivity contribution is -0.137. The zero-order chi connectivity index (χ0) is 14.7. The second-order valence-corrected chi connectivity index (χ2v) is 5.01. The van der Waals surface area contributed by atoms with Crippen molar-refractivity contribution >= 4 is 0 Å². The molecule has 1 aromatic carbocycles. The fourth-order valence-corrected chi connectivity index (χ4v) is 2.71. The van der Waals surface area contributed by atoms with Gasteiger partial charge < -0.3 is 5.11 Å². The van der Waals surface area contributed by atoms with Crippen molar-refractivity contribution < 1.29 is 18.3 Å². The van der Waals surface area contributed by atoms with Gasteiger partial charge >= 0.3 is 6.18 Å². The Morgan fingerprint density at radius 2 is 1.53 bits per heavy atom. The Morgan fingerprint density at radius 3 is 1.84 bits per heavy atom. The average molecular weight is 274 g/mol. The molecule has 0 heterocycles. The number of aliphatic hydroxyl groups is 1. The van der Waals surface area contributed by atoms with Crippen molar-refractivity contribution in [1.82, 2.24) is 0 Å². The summed E-state index contributed by atoms with van der Waals surface area (Å²) in [7, 11) is 0. The van der Waals surface area contributed by atoms with Crippen molar-refractivity contribution in [2.45, 2.75) is 57.7 Å². The van der Waals surface area contributed by atoms with E-state index in [0.717, 1.165) is 30.5 Å². The number of hydrogen-bond acceptors (Lipinski definition) is 1. The molecule has 0 aromatic heterocycles. The van der Waals surface area contributed by atoms with E-state index in [9.17, 15) is 18.3 Å². The molecule has 0 spiro atoms. The largest absolute Gasteiger partial charge is 0.416 e. The number of rotatable bonds is 5. The molecular formula is C15H21F3O. The van der Waals surface area contributed by atoms with Gasteiger partial charge in [0.05, 0.1) is 11.7 Å². The third kappa shape index (κ3) is 3.30. The SMILES string of the molecule is CCCC(CC)(c1ccc(C(F)(F)F)cc1)C(C)O. The maximum absolute atomic E-state index is 12.6. The Labute approximate surface area is 112 Å². The van der Waals surface area contributed by atoms with Gasteiger partial charge in [0.2, 0.25) is 0 Å². The summed E-state index contributed by atoms with van der Waals surface area (Å²) in [5, 5.41) is 10.1. The van der Waals surface area contributed by atoms with Crippen LogP contribution in [0.15, 0.2) is 24.3 Å². The van der Waals surface area contributed by atoms with Crippen LogP contribution in [-0.2, 0) is 11.6 Å². The van der Waals surface area contributed by atoms with Crippen molar-refractivity contribution in [1.29, 1.82) is 0 Å². The molecule has 0 fully saturated rings. The number of alkyl halides is 3. The van der Waals surface area contributed by atoms with Gasteiger partial charge in [-0.3, -0.25) is 0 Å². The summed E-state index contributed by atoms with van der Waals surface area (Å²) in [6.07, 6.45) is -2.58. The van der Waals surface area contributed by atoms with Crippen LogP contribution >= 0.6 is 0 Å². The molecule has 0 aliphatic rings. The molecule has 2 unspecified atom stereocenters. The quantitative estimate of drug-likeness (QED) is 0.836. The molecule has 1 N–H and O–H groups in total. The highest BCUT2D eigenvalue weighted by Gasteiger charge is 2.36. The summed E-state index contributed by atoms with van der Waals surface area (Å²) in [6, 6.07) is 5.18. The normalized spacial score (nSPS) is 17.0. The van der Waals surface area contributed by atoms with E-state index in [2.05, 4.69) is 0 Å². The van der Waals surface area contributed by atoms with Crippen molar-refractivity contribution in [3.05, 3.63) is 35.4 Å². The maximum Gasteiger partial charge on any atom is 0.416 e. The minimum atomic E-state index is -4.32. The summed E-state index contributed by atoms with van der Waals surface area (Å²) in [6.45, 7) is 5.67. The highest BCUT2D eigenvalue weighted by molar-refractivity contribution is 5.31. The molecule has 0 amide bonds. The Kier molecular flexibility index (Phi) is 5.02. The van der Waals surface area contributed by atoms with Crippen molar-refractivity contribution in [3.8, 4) is 0 Å². The first-order valence-electron chi connectivity index (χ1n) is 6.63. The van der Waals surface area contributed by atoms with Gasteiger partial charge in [-0.2, -0.15) is 13.2 Å². The van der Waals surface area contributed by atoms with E-state index in [4.69, 9.17) is 0 Å². The Balaban J connectivity index is 3.18. The molecule has 1 nitrogen and oxygen atoms in total. The lowest BCUT2D eigenvalue weighted by Gasteiger charge is -2.36. The molecule has 4 heteroatoms. The minimum Gasteiger partial charge on any atom is -0.392 e. The first-order valence-corrected chi connectivity index (χ1v) is 6.63. The van der Waals surface area contributed by atoms with Gasteiger partial charge in [0, 0.05) is 5.41 Å². The first-order chi connectivity index (χ1) is 8.78. The molecule has 0 aliphatic carbocycles. The predicted octanol–water partition coefficient (Wildman–Crippen LogP) is 4.53. The summed E-state index contributed by atoms with van der Waals surface area (Å²) in [5.41, 5.74) is -0.331. The highest BCUT2D eigenvalue weighted by atomic mass is 19.4. The van der Waals surface area contributed by atoms with Gasteiger partial charge in [0.15, 0.2) is 0 Å². The molecule has 2 atom stereocenters. The van der Waals surface area contributed by atoms with E-state index in [1.165, 1.54) is 12.1 Å². The van der Waals surface area contributed by atoms with Gasteiger partial charge in [0.1, 0.15) is 0 Å². The lowest BCUT2D eigenvalue weighted by atomic mass is 9.71. The molecule has 1 aromatic rings. The van der Waals surface area contributed by atoms with E-state index < -0.39 is 23.3 Å². The molecule has 108 valence electrons. The van der Waals surface area contributed by atoms with Crippen LogP contribution in [0.25, 0.3) is 0 Å². The van der Waals surface area contributed by atoms with Crippen LogP contribution in [0.5, 0.6) is 0 Å². The van der Waals surface area contributed by atoms with Gasteiger partial charge in [0.25, 0.3) is 0 Å². The average Bonchev–Trinajstić information content (AvgIpc) is 2.35. The van der Waals surface area contributed by atoms with E-state index in [-0.39, 0.29) is 0 Å². The zero-order valence-electron chi connectivity index (χ0n) is 11.6. The Morgan fingerprint density at radius 1 is 1.05 bits per heavy atom. The lowest BCUT2D eigenvalue weighted by Crippen LogP contribution is -2.37. The standard InChI is InChI=1S/C15H21F3O/c1-4-10-14(5-2,11(3)19)12-6-8-13(9-7-12)15(16,17)18/h6-9,11,19H,4-5,10H2,1-3H3. The molecule has 0 saturated heterocycles. The number of halogens is 3. The van der Waals surface area contributed by atoms with Crippen LogP contribution in [0.4, 0.5) is 13.2 Å². The Bertz CT molecular complexity index is 395. The van der Waals surface area contributed by atoms with Crippen molar-refractivity contribution in [3.63, 3.8) is 0 Å². The summed E-state index contributed by atoms with van der Waals surface area (Å²) in [4.78, 5) is 0. The van der Waals surface area contributed by atoms with Crippen LogP contribution < -0.4 is 0 Å². The molecular weight excluding hydrogens is 253 g/mol. The summed E-state index contributed by atoms with van der Waals surface area (Å²) in [5.74, 6) is 0. The van der Waals surface area contributed by atoms with Gasteiger partial charge in [-0.15, -0.1) is 0 Å². The molecule has 0 bridgehead atoms. The van der Waals surface area contributed by atoms with E-state index >= 15 is 0 Å². The van der Waals surface area contributed by atoms with Crippen LogP contribution in [-0.4, -0.2) is 11.2 Å². The first kappa shape index (κ1) is 16.0. The predicted molar refractivity (Wildman–Crippen MR) is 70.0 cm³/mol. The summed E-state index contributed by atoms with van der Waals surface area (Å²) < 4.78 is 37.7. The molecule has 0 radical (unpaired) electrons. The smallest absolute Gasteiger partial charge is 0.392 e. The van der Waals surface area contributed by atoms with Crippen LogP contribution in [0.2, 0.25) is 0 Å². The van der Waals surface area contributed by atoms with Gasteiger partial charge in [-0.25, -0.2) is 0 Å². The topological polar surface area (TPSA) is 20.2 Å². The number of aliphatic hydroxyl groups excluding tert-OH is 1. The van der Waals surface area contributed by atoms with Crippen LogP contribution in [0.1, 0.15) is 51.2 Å². The van der Waals surface area contributed by atoms with Crippen LogP contribution in [0, 0.1) is 0 Å². The van der Waals surface area contributed by atoms with Crippen molar-refractivity contribution in [2.75, 3.05) is 0 Å². The third-order valence-corrected chi connectivity index (χ3v) is 3.91. The fourth-order valence-electron chi connectivity index (χ4n) is 2.71. The third-order valence-electron chi connectivity index (χ3n) is 3.91. The van der Waals surface area contributed by atoms with E-state index in [1.54, 1.807) is 6.92 Å². The molecule has 1 rings (SSSR count). The van der Waals surface area contributed by atoms with E-state index in [1.807, 2.05) is 13.8 Å². The van der Waals surface area contributed by atoms with Crippen LogP contribution in [0.3, 0.4) is 0 Å². The minimum absolute atomic E-state index is 0.459. The molecule has 0 aliphatic heterocycles. The molecule has 0 saturated carbocycles. The monoisotopic (exact) mass is 274 g/mol.